The van der Waals surface area contributed by atoms with Crippen LogP contribution in [0, 0.1) is 6.92 Å². The molecule has 0 bridgehead atoms. The Kier molecular flexibility index (Phi) is 5.85. The van der Waals surface area contributed by atoms with Gasteiger partial charge in [-0.15, -0.1) is 0 Å². The lowest BCUT2D eigenvalue weighted by Gasteiger charge is -2.21. The molecule has 0 amide bonds. The Bertz CT molecular complexity index is 628. The number of methoxy groups -OCH3 is 1. The maximum absolute atomic E-state index is 5.48. The summed E-state index contributed by atoms with van der Waals surface area (Å²) >= 11 is 7.14. The second-order valence-electron chi connectivity index (χ2n) is 4.96. The Balaban J connectivity index is 2.35. The van der Waals surface area contributed by atoms with Gasteiger partial charge in [0.2, 0.25) is 0 Å². The third kappa shape index (κ3) is 3.87. The van der Waals surface area contributed by atoms with Crippen LogP contribution in [0.5, 0.6) is 5.75 Å². The molecule has 21 heavy (non-hydrogen) atoms. The first kappa shape index (κ1) is 16.5. The lowest BCUT2D eigenvalue weighted by atomic mass is 9.95. The topological polar surface area (TPSA) is 21.3 Å². The van der Waals surface area contributed by atoms with E-state index in [1.165, 1.54) is 16.7 Å². The fourth-order valence-corrected chi connectivity index (χ4v) is 3.29. The Hall–Kier alpha value is -0.840. The van der Waals surface area contributed by atoms with Crippen molar-refractivity contribution in [1.29, 1.82) is 0 Å². The summed E-state index contributed by atoms with van der Waals surface area (Å²) in [7, 11) is 3.71. The quantitative estimate of drug-likeness (QED) is 0.743. The summed E-state index contributed by atoms with van der Waals surface area (Å²) in [5.41, 5.74) is 3.75. The zero-order valence-electron chi connectivity index (χ0n) is 12.4. The molecule has 2 rings (SSSR count). The van der Waals surface area contributed by atoms with E-state index < -0.39 is 0 Å². The Morgan fingerprint density at radius 3 is 2.62 bits per heavy atom. The van der Waals surface area contributed by atoms with Gasteiger partial charge in [0, 0.05) is 15.0 Å². The summed E-state index contributed by atoms with van der Waals surface area (Å²) in [5, 5.41) is 3.41. The summed E-state index contributed by atoms with van der Waals surface area (Å²) in [6.07, 6.45) is 0.871. The van der Waals surface area contributed by atoms with E-state index in [4.69, 9.17) is 4.74 Å². The molecule has 2 aromatic carbocycles. The highest BCUT2D eigenvalue weighted by Crippen LogP contribution is 2.30. The predicted molar refractivity (Wildman–Crippen MR) is 95.1 cm³/mol. The molecule has 0 saturated heterocycles. The van der Waals surface area contributed by atoms with Crippen molar-refractivity contribution in [2.24, 2.45) is 0 Å². The lowest BCUT2D eigenvalue weighted by Crippen LogP contribution is -2.20. The molecule has 1 unspecified atom stereocenters. The molecule has 1 N–H and O–H groups in total. The average molecular weight is 413 g/mol. The van der Waals surface area contributed by atoms with E-state index in [0.29, 0.717) is 0 Å². The predicted octanol–water partition coefficient (Wildman–Crippen LogP) is 5.03. The van der Waals surface area contributed by atoms with E-state index in [1.807, 2.05) is 19.2 Å². The third-order valence-corrected chi connectivity index (χ3v) is 5.05. The molecule has 2 aromatic rings. The first-order valence-corrected chi connectivity index (χ1v) is 8.40. The average Bonchev–Trinajstić information content (AvgIpc) is 2.48. The zero-order valence-corrected chi connectivity index (χ0v) is 15.6. The molecule has 1 atom stereocenters. The first-order valence-electron chi connectivity index (χ1n) is 6.81. The highest BCUT2D eigenvalue weighted by molar-refractivity contribution is 9.10. The van der Waals surface area contributed by atoms with Gasteiger partial charge >= 0.3 is 0 Å². The molecule has 0 aliphatic rings. The maximum atomic E-state index is 5.48. The van der Waals surface area contributed by atoms with Gasteiger partial charge in [-0.25, -0.2) is 0 Å². The number of benzene rings is 2. The van der Waals surface area contributed by atoms with Crippen molar-refractivity contribution < 1.29 is 4.74 Å². The van der Waals surface area contributed by atoms with Gasteiger partial charge in [0.1, 0.15) is 5.75 Å². The number of halogens is 2. The van der Waals surface area contributed by atoms with Crippen molar-refractivity contribution >= 4 is 31.9 Å². The lowest BCUT2D eigenvalue weighted by molar-refractivity contribution is 0.406. The van der Waals surface area contributed by atoms with Crippen molar-refractivity contribution in [2.45, 2.75) is 19.4 Å². The van der Waals surface area contributed by atoms with Gasteiger partial charge in [0.15, 0.2) is 0 Å². The standard InChI is InChI=1S/C17H19Br2NO/c1-11-14(5-4-6-15(11)19)16(20-2)10-12-9-13(18)7-8-17(12)21-3/h4-9,16,20H,10H2,1-3H3. The summed E-state index contributed by atoms with van der Waals surface area (Å²) in [5.74, 6) is 0.922. The summed E-state index contributed by atoms with van der Waals surface area (Å²) in [6, 6.07) is 12.7. The van der Waals surface area contributed by atoms with Gasteiger partial charge in [-0.2, -0.15) is 0 Å². The number of hydrogen-bond donors (Lipinski definition) is 1. The van der Waals surface area contributed by atoms with Crippen molar-refractivity contribution in [3.63, 3.8) is 0 Å². The van der Waals surface area contributed by atoms with Crippen LogP contribution in [0.25, 0.3) is 0 Å². The van der Waals surface area contributed by atoms with Crippen LogP contribution in [0.3, 0.4) is 0 Å². The molecule has 2 nitrogen and oxygen atoms in total. The fraction of sp³-hybridized carbons (Fsp3) is 0.294. The monoisotopic (exact) mass is 411 g/mol. The maximum Gasteiger partial charge on any atom is 0.122 e. The Labute approximate surface area is 143 Å². The minimum absolute atomic E-state index is 0.241. The largest absolute Gasteiger partial charge is 0.496 e. The van der Waals surface area contributed by atoms with E-state index in [-0.39, 0.29) is 6.04 Å². The molecular formula is C17H19Br2NO. The van der Waals surface area contributed by atoms with Crippen molar-refractivity contribution in [3.8, 4) is 5.75 Å². The summed E-state index contributed by atoms with van der Waals surface area (Å²) in [4.78, 5) is 0. The van der Waals surface area contributed by atoms with Crippen LogP contribution in [0.2, 0.25) is 0 Å². The Morgan fingerprint density at radius 1 is 1.19 bits per heavy atom. The molecule has 0 aliphatic heterocycles. The van der Waals surface area contributed by atoms with Gasteiger partial charge in [-0.1, -0.05) is 44.0 Å². The molecule has 0 aromatic heterocycles. The van der Waals surface area contributed by atoms with E-state index >= 15 is 0 Å². The second-order valence-corrected chi connectivity index (χ2v) is 6.73. The molecule has 0 radical (unpaired) electrons. The molecule has 0 fully saturated rings. The highest BCUT2D eigenvalue weighted by Gasteiger charge is 2.16. The SMILES string of the molecule is CNC(Cc1cc(Br)ccc1OC)c1cccc(Br)c1C. The molecule has 0 heterocycles. The van der Waals surface area contributed by atoms with Crippen LogP contribution in [-0.2, 0) is 6.42 Å². The van der Waals surface area contributed by atoms with Crippen LogP contribution in [-0.4, -0.2) is 14.2 Å². The number of rotatable bonds is 5. The first-order chi connectivity index (χ1) is 10.1. The van der Waals surface area contributed by atoms with Crippen LogP contribution in [0.15, 0.2) is 45.3 Å². The second kappa shape index (κ2) is 7.43. The molecule has 112 valence electrons. The van der Waals surface area contributed by atoms with Gasteiger partial charge in [-0.05, 0) is 61.3 Å². The van der Waals surface area contributed by atoms with E-state index in [9.17, 15) is 0 Å². The van der Waals surface area contributed by atoms with Gasteiger partial charge < -0.3 is 10.1 Å². The third-order valence-electron chi connectivity index (χ3n) is 3.70. The zero-order chi connectivity index (χ0) is 15.4. The van der Waals surface area contributed by atoms with Crippen LogP contribution in [0.1, 0.15) is 22.7 Å². The summed E-state index contributed by atoms with van der Waals surface area (Å²) < 4.78 is 7.69. The van der Waals surface area contributed by atoms with Crippen LogP contribution in [0.4, 0.5) is 0 Å². The molecule has 0 spiro atoms. The Morgan fingerprint density at radius 2 is 1.95 bits per heavy atom. The number of ether oxygens (including phenoxy) is 1. The van der Waals surface area contributed by atoms with Crippen molar-refractivity contribution in [2.75, 3.05) is 14.2 Å². The van der Waals surface area contributed by atoms with Gasteiger partial charge in [0.25, 0.3) is 0 Å². The van der Waals surface area contributed by atoms with E-state index in [1.54, 1.807) is 7.11 Å². The minimum Gasteiger partial charge on any atom is -0.496 e. The molecule has 0 aliphatic carbocycles. The van der Waals surface area contributed by atoms with Gasteiger partial charge in [0.05, 0.1) is 7.11 Å². The number of nitrogens with one attached hydrogen (secondary N) is 1. The van der Waals surface area contributed by atoms with Crippen LogP contribution < -0.4 is 10.1 Å². The number of hydrogen-bond acceptors (Lipinski definition) is 2. The van der Waals surface area contributed by atoms with E-state index in [0.717, 1.165) is 21.1 Å². The van der Waals surface area contributed by atoms with E-state index in [2.05, 4.69) is 68.4 Å². The van der Waals surface area contributed by atoms with Crippen molar-refractivity contribution in [3.05, 3.63) is 62.0 Å². The molecule has 0 saturated carbocycles. The minimum atomic E-state index is 0.241. The van der Waals surface area contributed by atoms with Crippen LogP contribution >= 0.6 is 31.9 Å². The highest BCUT2D eigenvalue weighted by atomic mass is 79.9. The normalized spacial score (nSPS) is 12.2. The smallest absolute Gasteiger partial charge is 0.122 e. The van der Waals surface area contributed by atoms with Gasteiger partial charge in [-0.3, -0.25) is 0 Å². The molecular weight excluding hydrogens is 394 g/mol. The molecule has 4 heteroatoms. The fourth-order valence-electron chi connectivity index (χ4n) is 2.50. The number of likely N-dealkylation sites (N-methyl/N-ethyl adjacent to an activating group) is 1. The van der Waals surface area contributed by atoms with Crippen molar-refractivity contribution in [1.82, 2.24) is 5.32 Å². The summed E-state index contributed by atoms with van der Waals surface area (Å²) in [6.45, 7) is 2.14.